The maximum absolute atomic E-state index is 12.1. The summed E-state index contributed by atoms with van der Waals surface area (Å²) in [6, 6.07) is 19.0. The van der Waals surface area contributed by atoms with Crippen LogP contribution in [0, 0.1) is 0 Å². The summed E-state index contributed by atoms with van der Waals surface area (Å²) in [6.45, 7) is 1.79. The van der Waals surface area contributed by atoms with E-state index < -0.39 is 18.2 Å². The minimum Gasteiger partial charge on any atom is -0.425 e. The SMILES string of the molecule is CCC(OC(=O)CC(S)c1ccccc1)OC(=O)CC(S)c1ccccc1. The first-order valence-corrected chi connectivity index (χ1v) is 9.87. The van der Waals surface area contributed by atoms with Gasteiger partial charge in [0.25, 0.3) is 0 Å². The van der Waals surface area contributed by atoms with Gasteiger partial charge in [0.2, 0.25) is 6.29 Å². The monoisotopic (exact) mass is 404 g/mol. The Labute approximate surface area is 171 Å². The van der Waals surface area contributed by atoms with Gasteiger partial charge in [-0.3, -0.25) is 9.59 Å². The lowest BCUT2D eigenvalue weighted by molar-refractivity contribution is -0.188. The van der Waals surface area contributed by atoms with Gasteiger partial charge in [-0.15, -0.1) is 0 Å². The maximum atomic E-state index is 12.1. The van der Waals surface area contributed by atoms with E-state index in [0.717, 1.165) is 11.1 Å². The van der Waals surface area contributed by atoms with Crippen LogP contribution in [0.15, 0.2) is 60.7 Å². The summed E-state index contributed by atoms with van der Waals surface area (Å²) in [7, 11) is 0. The molecule has 0 aliphatic heterocycles. The molecule has 2 rings (SSSR count). The quantitative estimate of drug-likeness (QED) is 0.353. The Kier molecular flexibility index (Phi) is 8.75. The molecule has 0 aromatic heterocycles. The van der Waals surface area contributed by atoms with E-state index in [1.54, 1.807) is 6.92 Å². The van der Waals surface area contributed by atoms with Crippen LogP contribution in [0.4, 0.5) is 0 Å². The number of hydrogen-bond acceptors (Lipinski definition) is 6. The Bertz CT molecular complexity index is 660. The predicted octanol–water partition coefficient (Wildman–Crippen LogP) is 4.93. The van der Waals surface area contributed by atoms with Crippen molar-refractivity contribution in [2.45, 2.75) is 43.0 Å². The van der Waals surface area contributed by atoms with E-state index in [-0.39, 0.29) is 23.3 Å². The summed E-state index contributed by atoms with van der Waals surface area (Å²) >= 11 is 8.90. The fourth-order valence-electron chi connectivity index (χ4n) is 2.48. The summed E-state index contributed by atoms with van der Waals surface area (Å²) in [5, 5.41) is -0.543. The van der Waals surface area contributed by atoms with Gasteiger partial charge in [0.15, 0.2) is 0 Å². The third kappa shape index (κ3) is 7.31. The number of carbonyl (C=O) groups excluding carboxylic acids is 2. The average molecular weight is 405 g/mol. The van der Waals surface area contributed by atoms with Gasteiger partial charge in [-0.25, -0.2) is 0 Å². The molecule has 0 heterocycles. The zero-order valence-electron chi connectivity index (χ0n) is 15.2. The molecule has 2 aromatic rings. The van der Waals surface area contributed by atoms with E-state index >= 15 is 0 Å². The summed E-state index contributed by atoms with van der Waals surface area (Å²) in [6.07, 6.45) is -0.332. The number of thiol groups is 2. The lowest BCUT2D eigenvalue weighted by atomic mass is 10.1. The summed E-state index contributed by atoms with van der Waals surface area (Å²) in [5.74, 6) is -0.909. The van der Waals surface area contributed by atoms with Crippen LogP contribution < -0.4 is 0 Å². The highest BCUT2D eigenvalue weighted by molar-refractivity contribution is 7.80. The second kappa shape index (κ2) is 11.0. The largest absolute Gasteiger partial charge is 0.425 e. The molecule has 0 radical (unpaired) electrons. The molecular formula is C21H24O4S2. The Morgan fingerprint density at radius 2 is 1.15 bits per heavy atom. The van der Waals surface area contributed by atoms with Gasteiger partial charge in [-0.1, -0.05) is 67.6 Å². The van der Waals surface area contributed by atoms with E-state index in [0.29, 0.717) is 6.42 Å². The van der Waals surface area contributed by atoms with Crippen molar-refractivity contribution in [2.24, 2.45) is 0 Å². The zero-order valence-corrected chi connectivity index (χ0v) is 16.9. The molecule has 0 N–H and O–H groups in total. The molecular weight excluding hydrogens is 380 g/mol. The van der Waals surface area contributed by atoms with Gasteiger partial charge < -0.3 is 9.47 Å². The fourth-order valence-corrected chi connectivity index (χ4v) is 3.12. The van der Waals surface area contributed by atoms with Crippen molar-refractivity contribution >= 4 is 37.2 Å². The van der Waals surface area contributed by atoms with Crippen molar-refractivity contribution in [3.8, 4) is 0 Å². The molecule has 2 aromatic carbocycles. The van der Waals surface area contributed by atoms with Gasteiger partial charge >= 0.3 is 11.9 Å². The van der Waals surface area contributed by atoms with Crippen LogP contribution in [0.5, 0.6) is 0 Å². The number of benzene rings is 2. The third-order valence-electron chi connectivity index (χ3n) is 3.95. The number of rotatable bonds is 9. The Morgan fingerprint density at radius 1 is 0.778 bits per heavy atom. The second-order valence-corrected chi connectivity index (χ2v) is 7.33. The highest BCUT2D eigenvalue weighted by atomic mass is 32.1. The summed E-state index contributed by atoms with van der Waals surface area (Å²) in [4.78, 5) is 24.3. The number of esters is 2. The standard InChI is InChI=1S/C21H24O4S2/c1-2-21(24-19(22)13-17(26)15-9-5-3-6-10-15)25-20(23)14-18(27)16-11-7-4-8-12-16/h3-12,17-18,21,26-27H,2,13-14H2,1H3. The van der Waals surface area contributed by atoms with Crippen LogP contribution in [0.2, 0.25) is 0 Å². The van der Waals surface area contributed by atoms with E-state index in [4.69, 9.17) is 9.47 Å². The van der Waals surface area contributed by atoms with Crippen molar-refractivity contribution < 1.29 is 19.1 Å². The minimum atomic E-state index is -0.905. The van der Waals surface area contributed by atoms with Gasteiger partial charge in [0.05, 0.1) is 12.8 Å². The zero-order chi connectivity index (χ0) is 19.6. The number of ether oxygens (including phenoxy) is 2. The average Bonchev–Trinajstić information content (AvgIpc) is 2.68. The normalized spacial score (nSPS) is 14.0. The first-order valence-electron chi connectivity index (χ1n) is 8.84. The smallest absolute Gasteiger partial charge is 0.310 e. The highest BCUT2D eigenvalue weighted by Crippen LogP contribution is 2.25. The second-order valence-electron chi connectivity index (χ2n) is 6.08. The topological polar surface area (TPSA) is 52.6 Å². The van der Waals surface area contributed by atoms with Crippen LogP contribution in [-0.4, -0.2) is 18.2 Å². The molecule has 0 spiro atoms. The molecule has 2 unspecified atom stereocenters. The lowest BCUT2D eigenvalue weighted by Gasteiger charge is -2.19. The van der Waals surface area contributed by atoms with E-state index in [2.05, 4.69) is 25.3 Å². The van der Waals surface area contributed by atoms with Crippen molar-refractivity contribution in [1.29, 1.82) is 0 Å². The van der Waals surface area contributed by atoms with Crippen LogP contribution in [0.3, 0.4) is 0 Å². The summed E-state index contributed by atoms with van der Waals surface area (Å²) < 4.78 is 10.6. The highest BCUT2D eigenvalue weighted by Gasteiger charge is 2.21. The molecule has 0 aliphatic carbocycles. The Balaban J connectivity index is 1.81. The molecule has 4 nitrogen and oxygen atoms in total. The van der Waals surface area contributed by atoms with Crippen LogP contribution in [0.25, 0.3) is 0 Å². The van der Waals surface area contributed by atoms with Crippen LogP contribution in [0.1, 0.15) is 47.8 Å². The molecule has 0 bridgehead atoms. The molecule has 27 heavy (non-hydrogen) atoms. The predicted molar refractivity (Wildman–Crippen MR) is 112 cm³/mol. The van der Waals surface area contributed by atoms with E-state index in [1.165, 1.54) is 0 Å². The van der Waals surface area contributed by atoms with Crippen LogP contribution in [-0.2, 0) is 19.1 Å². The molecule has 0 saturated carbocycles. The van der Waals surface area contributed by atoms with Crippen LogP contribution >= 0.6 is 25.3 Å². The van der Waals surface area contributed by atoms with E-state index in [1.807, 2.05) is 60.7 Å². The number of hydrogen-bond donors (Lipinski definition) is 2. The van der Waals surface area contributed by atoms with Gasteiger partial charge in [0, 0.05) is 16.9 Å². The summed E-state index contributed by atoms with van der Waals surface area (Å²) in [5.41, 5.74) is 1.87. The van der Waals surface area contributed by atoms with E-state index in [9.17, 15) is 9.59 Å². The maximum Gasteiger partial charge on any atom is 0.310 e. The molecule has 0 saturated heterocycles. The molecule has 2 atom stereocenters. The Morgan fingerprint density at radius 3 is 1.48 bits per heavy atom. The van der Waals surface area contributed by atoms with Crippen molar-refractivity contribution in [2.75, 3.05) is 0 Å². The van der Waals surface area contributed by atoms with Gasteiger partial charge in [-0.05, 0) is 11.1 Å². The molecule has 0 aliphatic rings. The van der Waals surface area contributed by atoms with Crippen molar-refractivity contribution in [1.82, 2.24) is 0 Å². The van der Waals surface area contributed by atoms with Crippen molar-refractivity contribution in [3.63, 3.8) is 0 Å². The Hall–Kier alpha value is -1.92. The minimum absolute atomic E-state index is 0.0976. The molecule has 144 valence electrons. The molecule has 6 heteroatoms. The fraction of sp³-hybridized carbons (Fsp3) is 0.333. The van der Waals surface area contributed by atoms with Gasteiger partial charge in [-0.2, -0.15) is 25.3 Å². The first kappa shape index (κ1) is 21.4. The third-order valence-corrected chi connectivity index (χ3v) is 4.91. The van der Waals surface area contributed by atoms with Crippen molar-refractivity contribution in [3.05, 3.63) is 71.8 Å². The molecule has 0 amide bonds. The number of carbonyl (C=O) groups is 2. The molecule has 0 fully saturated rings. The van der Waals surface area contributed by atoms with Gasteiger partial charge in [0.1, 0.15) is 0 Å². The lowest BCUT2D eigenvalue weighted by Crippen LogP contribution is -2.25. The first-order chi connectivity index (χ1) is 13.0.